The van der Waals surface area contributed by atoms with E-state index in [1.54, 1.807) is 0 Å². The summed E-state index contributed by atoms with van der Waals surface area (Å²) in [7, 11) is 0. The first-order chi connectivity index (χ1) is 7.27. The molecule has 0 bridgehead atoms. The number of aromatic nitrogens is 1. The Balaban J connectivity index is 2.69. The van der Waals surface area contributed by atoms with Crippen LogP contribution in [0.3, 0.4) is 0 Å². The van der Waals surface area contributed by atoms with Gasteiger partial charge in [-0.15, -0.1) is 0 Å². The standard InChI is InChI=1S/C12H21N3/c1-3-8-15(9-4-6-13)12-10-11(2)5-7-14-12/h5,7,10H,3-4,6,8-9,13H2,1-2H3. The fourth-order valence-electron chi connectivity index (χ4n) is 1.59. The van der Waals surface area contributed by atoms with Crippen molar-refractivity contribution in [1.29, 1.82) is 0 Å². The normalized spacial score (nSPS) is 10.3. The van der Waals surface area contributed by atoms with Gasteiger partial charge in [0.05, 0.1) is 0 Å². The third-order valence-corrected chi connectivity index (χ3v) is 2.35. The molecule has 3 heteroatoms. The zero-order chi connectivity index (χ0) is 11.1. The molecule has 0 aliphatic heterocycles. The quantitative estimate of drug-likeness (QED) is 0.775. The Morgan fingerprint density at radius 1 is 1.40 bits per heavy atom. The van der Waals surface area contributed by atoms with Crippen LogP contribution in [0.2, 0.25) is 0 Å². The highest BCUT2D eigenvalue weighted by molar-refractivity contribution is 5.40. The van der Waals surface area contributed by atoms with E-state index in [-0.39, 0.29) is 0 Å². The monoisotopic (exact) mass is 207 g/mol. The van der Waals surface area contributed by atoms with Crippen LogP contribution in [0.15, 0.2) is 18.3 Å². The molecular formula is C12H21N3. The van der Waals surface area contributed by atoms with Crippen molar-refractivity contribution in [3.8, 4) is 0 Å². The van der Waals surface area contributed by atoms with Crippen LogP contribution in [-0.2, 0) is 0 Å². The van der Waals surface area contributed by atoms with Gasteiger partial charge in [0.25, 0.3) is 0 Å². The molecule has 1 rings (SSSR count). The molecule has 0 aliphatic rings. The average Bonchev–Trinajstić information content (AvgIpc) is 2.24. The molecule has 1 aromatic heterocycles. The van der Waals surface area contributed by atoms with E-state index in [0.29, 0.717) is 0 Å². The van der Waals surface area contributed by atoms with Crippen molar-refractivity contribution in [3.63, 3.8) is 0 Å². The lowest BCUT2D eigenvalue weighted by atomic mass is 10.2. The van der Waals surface area contributed by atoms with Crippen LogP contribution in [-0.4, -0.2) is 24.6 Å². The van der Waals surface area contributed by atoms with Gasteiger partial charge in [-0.2, -0.15) is 0 Å². The average molecular weight is 207 g/mol. The lowest BCUT2D eigenvalue weighted by Gasteiger charge is -2.23. The smallest absolute Gasteiger partial charge is 0.128 e. The summed E-state index contributed by atoms with van der Waals surface area (Å²) in [5.74, 6) is 1.07. The second kappa shape index (κ2) is 6.40. The van der Waals surface area contributed by atoms with E-state index in [1.165, 1.54) is 5.56 Å². The molecule has 1 aromatic rings. The van der Waals surface area contributed by atoms with Crippen LogP contribution in [0.5, 0.6) is 0 Å². The summed E-state index contributed by atoms with van der Waals surface area (Å²) in [5, 5.41) is 0. The molecule has 15 heavy (non-hydrogen) atoms. The van der Waals surface area contributed by atoms with Crippen molar-refractivity contribution in [3.05, 3.63) is 23.9 Å². The molecule has 1 heterocycles. The summed E-state index contributed by atoms with van der Waals surface area (Å²) in [6.07, 6.45) is 4.03. The van der Waals surface area contributed by atoms with E-state index < -0.39 is 0 Å². The van der Waals surface area contributed by atoms with Crippen LogP contribution >= 0.6 is 0 Å². The molecule has 0 spiro atoms. The van der Waals surface area contributed by atoms with Crippen molar-refractivity contribution in [2.24, 2.45) is 5.73 Å². The molecule has 0 aliphatic carbocycles. The van der Waals surface area contributed by atoms with Crippen molar-refractivity contribution >= 4 is 5.82 Å². The van der Waals surface area contributed by atoms with Crippen molar-refractivity contribution in [2.75, 3.05) is 24.5 Å². The number of hydrogen-bond donors (Lipinski definition) is 1. The third-order valence-electron chi connectivity index (χ3n) is 2.35. The lowest BCUT2D eigenvalue weighted by molar-refractivity contribution is 0.711. The van der Waals surface area contributed by atoms with Gasteiger partial charge >= 0.3 is 0 Å². The van der Waals surface area contributed by atoms with E-state index >= 15 is 0 Å². The Morgan fingerprint density at radius 3 is 2.80 bits per heavy atom. The van der Waals surface area contributed by atoms with Gasteiger partial charge in [-0.05, 0) is 44.0 Å². The molecule has 0 unspecified atom stereocenters. The Labute approximate surface area is 92.3 Å². The van der Waals surface area contributed by atoms with Gasteiger partial charge in [0, 0.05) is 19.3 Å². The zero-order valence-corrected chi connectivity index (χ0v) is 9.74. The lowest BCUT2D eigenvalue weighted by Crippen LogP contribution is -2.27. The summed E-state index contributed by atoms with van der Waals surface area (Å²) in [4.78, 5) is 6.70. The van der Waals surface area contributed by atoms with Crippen molar-refractivity contribution in [1.82, 2.24) is 4.98 Å². The maximum atomic E-state index is 5.53. The van der Waals surface area contributed by atoms with Gasteiger partial charge in [0.2, 0.25) is 0 Å². The first-order valence-electron chi connectivity index (χ1n) is 5.65. The molecule has 84 valence electrons. The Morgan fingerprint density at radius 2 is 2.20 bits per heavy atom. The first kappa shape index (κ1) is 12.0. The van der Waals surface area contributed by atoms with Gasteiger partial charge in [0.1, 0.15) is 5.82 Å². The molecule has 0 saturated carbocycles. The number of pyridine rings is 1. The minimum atomic E-state index is 0.742. The van der Waals surface area contributed by atoms with Gasteiger partial charge in [-0.3, -0.25) is 0 Å². The number of nitrogens with zero attached hydrogens (tertiary/aromatic N) is 2. The van der Waals surface area contributed by atoms with Gasteiger partial charge in [0.15, 0.2) is 0 Å². The zero-order valence-electron chi connectivity index (χ0n) is 9.74. The summed E-state index contributed by atoms with van der Waals surface area (Å²) < 4.78 is 0. The van der Waals surface area contributed by atoms with E-state index in [4.69, 9.17) is 5.73 Å². The molecule has 0 amide bonds. The number of aryl methyl sites for hydroxylation is 1. The third kappa shape index (κ3) is 3.88. The summed E-state index contributed by atoms with van der Waals surface area (Å²) >= 11 is 0. The maximum absolute atomic E-state index is 5.53. The second-order valence-corrected chi connectivity index (χ2v) is 3.82. The van der Waals surface area contributed by atoms with Crippen LogP contribution < -0.4 is 10.6 Å². The van der Waals surface area contributed by atoms with Gasteiger partial charge < -0.3 is 10.6 Å². The molecule has 2 N–H and O–H groups in total. The predicted octanol–water partition coefficient (Wildman–Crippen LogP) is 1.96. The van der Waals surface area contributed by atoms with E-state index in [9.17, 15) is 0 Å². The van der Waals surface area contributed by atoms with Crippen molar-refractivity contribution < 1.29 is 0 Å². The second-order valence-electron chi connectivity index (χ2n) is 3.82. The first-order valence-corrected chi connectivity index (χ1v) is 5.65. The summed E-state index contributed by atoms with van der Waals surface area (Å²) in [5.41, 5.74) is 6.79. The molecule has 0 fully saturated rings. The minimum absolute atomic E-state index is 0.742. The van der Waals surface area contributed by atoms with Crippen LogP contribution in [0.4, 0.5) is 5.82 Å². The number of nitrogens with two attached hydrogens (primary N) is 1. The highest BCUT2D eigenvalue weighted by atomic mass is 15.2. The van der Waals surface area contributed by atoms with E-state index in [0.717, 1.165) is 38.3 Å². The summed E-state index contributed by atoms with van der Waals surface area (Å²) in [6, 6.07) is 4.16. The molecule has 0 aromatic carbocycles. The Hall–Kier alpha value is -1.09. The number of anilines is 1. The van der Waals surface area contributed by atoms with Crippen LogP contribution in [0, 0.1) is 6.92 Å². The molecule has 3 nitrogen and oxygen atoms in total. The molecule has 0 atom stereocenters. The van der Waals surface area contributed by atoms with E-state index in [1.807, 2.05) is 12.3 Å². The van der Waals surface area contributed by atoms with Crippen LogP contribution in [0.25, 0.3) is 0 Å². The molecular weight excluding hydrogens is 186 g/mol. The van der Waals surface area contributed by atoms with Gasteiger partial charge in [-0.25, -0.2) is 4.98 Å². The molecule has 0 radical (unpaired) electrons. The SMILES string of the molecule is CCCN(CCCN)c1cc(C)ccn1. The predicted molar refractivity (Wildman–Crippen MR) is 65.1 cm³/mol. The van der Waals surface area contributed by atoms with E-state index in [2.05, 4.69) is 29.8 Å². The van der Waals surface area contributed by atoms with Crippen molar-refractivity contribution in [2.45, 2.75) is 26.7 Å². The Kier molecular flexibility index (Phi) is 5.12. The Bertz CT molecular complexity index is 286. The van der Waals surface area contributed by atoms with Gasteiger partial charge in [-0.1, -0.05) is 6.92 Å². The minimum Gasteiger partial charge on any atom is -0.357 e. The fraction of sp³-hybridized carbons (Fsp3) is 0.583. The highest BCUT2D eigenvalue weighted by Gasteiger charge is 2.05. The topological polar surface area (TPSA) is 42.1 Å². The number of rotatable bonds is 6. The molecule has 0 saturated heterocycles. The maximum Gasteiger partial charge on any atom is 0.128 e. The summed E-state index contributed by atoms with van der Waals surface area (Å²) in [6.45, 7) is 7.08. The fourth-order valence-corrected chi connectivity index (χ4v) is 1.59. The highest BCUT2D eigenvalue weighted by Crippen LogP contribution is 2.12. The van der Waals surface area contributed by atoms with Crippen LogP contribution in [0.1, 0.15) is 25.3 Å². The number of hydrogen-bond acceptors (Lipinski definition) is 3. The largest absolute Gasteiger partial charge is 0.357 e.